The Labute approximate surface area is 162 Å². The summed E-state index contributed by atoms with van der Waals surface area (Å²) in [6.45, 7) is 2.12. The van der Waals surface area contributed by atoms with Gasteiger partial charge in [0.25, 0.3) is 0 Å². The molecular weight excluding hydrogens is 354 g/mol. The van der Waals surface area contributed by atoms with Crippen LogP contribution in [0.4, 0.5) is 0 Å². The van der Waals surface area contributed by atoms with Crippen molar-refractivity contribution in [2.75, 3.05) is 6.61 Å². The number of hydrogen-bond acceptors (Lipinski definition) is 5. The van der Waals surface area contributed by atoms with Crippen molar-refractivity contribution < 1.29 is 14.3 Å². The molecule has 140 valence electrons. The van der Waals surface area contributed by atoms with Gasteiger partial charge in [0, 0.05) is 30.3 Å². The Balaban J connectivity index is 1.74. The lowest BCUT2D eigenvalue weighted by Gasteiger charge is -2.08. The highest BCUT2D eigenvalue weighted by Gasteiger charge is 2.12. The van der Waals surface area contributed by atoms with Crippen LogP contribution < -0.4 is 4.74 Å². The van der Waals surface area contributed by atoms with Gasteiger partial charge in [-0.25, -0.2) is 14.8 Å². The minimum atomic E-state index is -0.377. The molecular formula is C22H19N3O3. The summed E-state index contributed by atoms with van der Waals surface area (Å²) in [7, 11) is 1.95. The second-order valence-corrected chi connectivity index (χ2v) is 6.23. The lowest BCUT2D eigenvalue weighted by Crippen LogP contribution is -1.98. The van der Waals surface area contributed by atoms with Crippen LogP contribution >= 0.6 is 0 Å². The van der Waals surface area contributed by atoms with Gasteiger partial charge >= 0.3 is 5.97 Å². The third-order valence-corrected chi connectivity index (χ3v) is 4.33. The first-order valence-electron chi connectivity index (χ1n) is 8.98. The first kappa shape index (κ1) is 17.7. The average molecular weight is 373 g/mol. The van der Waals surface area contributed by atoms with E-state index in [1.807, 2.05) is 60.3 Å². The Morgan fingerprint density at radius 1 is 1.14 bits per heavy atom. The van der Waals surface area contributed by atoms with Crippen molar-refractivity contribution in [2.24, 2.45) is 7.05 Å². The number of fused-ring (bicyclic) bond motifs is 2. The van der Waals surface area contributed by atoms with E-state index in [-0.39, 0.29) is 5.97 Å². The first-order chi connectivity index (χ1) is 13.7. The van der Waals surface area contributed by atoms with Crippen LogP contribution in [0.3, 0.4) is 0 Å². The fourth-order valence-electron chi connectivity index (χ4n) is 3.11. The van der Waals surface area contributed by atoms with Crippen molar-refractivity contribution in [1.82, 2.24) is 14.5 Å². The molecule has 0 fully saturated rings. The predicted molar refractivity (Wildman–Crippen MR) is 108 cm³/mol. The molecule has 0 spiro atoms. The molecule has 4 aromatic rings. The van der Waals surface area contributed by atoms with Gasteiger partial charge in [0.2, 0.25) is 5.88 Å². The van der Waals surface area contributed by atoms with Gasteiger partial charge in [-0.2, -0.15) is 0 Å². The van der Waals surface area contributed by atoms with E-state index in [1.165, 1.54) is 6.08 Å². The normalized spacial score (nSPS) is 11.4. The number of para-hydroxylation sites is 2. The van der Waals surface area contributed by atoms with Gasteiger partial charge in [0.15, 0.2) is 0 Å². The van der Waals surface area contributed by atoms with E-state index in [9.17, 15) is 4.79 Å². The molecule has 0 aliphatic carbocycles. The van der Waals surface area contributed by atoms with E-state index in [0.29, 0.717) is 18.2 Å². The maximum Gasteiger partial charge on any atom is 0.330 e. The maximum absolute atomic E-state index is 11.7. The van der Waals surface area contributed by atoms with Gasteiger partial charge < -0.3 is 14.0 Å². The number of aryl methyl sites for hydroxylation is 1. The predicted octanol–water partition coefficient (Wildman–Crippen LogP) is 4.49. The molecule has 0 saturated carbocycles. The number of nitrogens with zero attached hydrogens (tertiary/aromatic N) is 3. The van der Waals surface area contributed by atoms with Crippen molar-refractivity contribution in [1.29, 1.82) is 0 Å². The minimum Gasteiger partial charge on any atom is -0.463 e. The molecule has 6 heteroatoms. The maximum atomic E-state index is 11.7. The number of ether oxygens (including phenoxy) is 2. The van der Waals surface area contributed by atoms with Gasteiger partial charge in [-0.15, -0.1) is 0 Å². The smallest absolute Gasteiger partial charge is 0.330 e. The van der Waals surface area contributed by atoms with E-state index in [2.05, 4.69) is 9.97 Å². The number of carbonyl (C=O) groups excluding carboxylic acids is 1. The van der Waals surface area contributed by atoms with Crippen LogP contribution in [-0.2, 0) is 16.6 Å². The van der Waals surface area contributed by atoms with Crippen molar-refractivity contribution in [3.63, 3.8) is 0 Å². The molecule has 0 saturated heterocycles. The van der Waals surface area contributed by atoms with Gasteiger partial charge in [-0.3, -0.25) is 0 Å². The minimum absolute atomic E-state index is 0.341. The van der Waals surface area contributed by atoms with Gasteiger partial charge in [0.1, 0.15) is 5.75 Å². The molecule has 0 N–H and O–H groups in total. The summed E-state index contributed by atoms with van der Waals surface area (Å²) in [6, 6.07) is 13.4. The van der Waals surface area contributed by atoms with Crippen molar-refractivity contribution in [3.05, 3.63) is 66.5 Å². The summed E-state index contributed by atoms with van der Waals surface area (Å²) in [5.74, 6) is 0.680. The first-order valence-corrected chi connectivity index (χ1v) is 8.98. The van der Waals surface area contributed by atoms with E-state index in [0.717, 1.165) is 27.5 Å². The summed E-state index contributed by atoms with van der Waals surface area (Å²) >= 11 is 0. The molecule has 2 aromatic carbocycles. The molecule has 0 atom stereocenters. The third kappa shape index (κ3) is 3.44. The SMILES string of the molecule is CCOC(=O)/C=C/c1cn(C)c2cccc(Oc3cnc4ccccc4n3)c12. The van der Waals surface area contributed by atoms with Crippen LogP contribution in [0.1, 0.15) is 12.5 Å². The summed E-state index contributed by atoms with van der Waals surface area (Å²) < 4.78 is 13.0. The Bertz CT molecular complexity index is 1190. The van der Waals surface area contributed by atoms with Gasteiger partial charge in [-0.1, -0.05) is 18.2 Å². The summed E-state index contributed by atoms with van der Waals surface area (Å²) in [5, 5.41) is 0.889. The lowest BCUT2D eigenvalue weighted by atomic mass is 10.1. The number of benzene rings is 2. The van der Waals surface area contributed by atoms with Crippen LogP contribution in [0.5, 0.6) is 11.6 Å². The fraction of sp³-hybridized carbons (Fsp3) is 0.136. The molecule has 4 rings (SSSR count). The highest BCUT2D eigenvalue weighted by Crippen LogP contribution is 2.33. The zero-order valence-corrected chi connectivity index (χ0v) is 15.6. The summed E-state index contributed by atoms with van der Waals surface area (Å²) in [4.78, 5) is 20.6. The Morgan fingerprint density at radius 3 is 2.79 bits per heavy atom. The van der Waals surface area contributed by atoms with E-state index >= 15 is 0 Å². The fourth-order valence-corrected chi connectivity index (χ4v) is 3.11. The number of hydrogen-bond donors (Lipinski definition) is 0. The van der Waals surface area contributed by atoms with E-state index in [4.69, 9.17) is 9.47 Å². The van der Waals surface area contributed by atoms with E-state index in [1.54, 1.807) is 19.2 Å². The van der Waals surface area contributed by atoms with Crippen LogP contribution in [0, 0.1) is 0 Å². The average Bonchev–Trinajstić information content (AvgIpc) is 3.03. The zero-order valence-electron chi connectivity index (χ0n) is 15.6. The molecule has 0 unspecified atom stereocenters. The van der Waals surface area contributed by atoms with Crippen LogP contribution in [0.25, 0.3) is 28.0 Å². The zero-order chi connectivity index (χ0) is 19.5. The molecule has 0 radical (unpaired) electrons. The van der Waals surface area contributed by atoms with Crippen LogP contribution in [0.2, 0.25) is 0 Å². The molecule has 0 amide bonds. The van der Waals surface area contributed by atoms with Gasteiger partial charge in [0.05, 0.1) is 29.4 Å². The monoisotopic (exact) mass is 373 g/mol. The Hall–Kier alpha value is -3.67. The third-order valence-electron chi connectivity index (χ3n) is 4.33. The molecule has 0 aliphatic rings. The van der Waals surface area contributed by atoms with Crippen LogP contribution in [-0.4, -0.2) is 27.1 Å². The van der Waals surface area contributed by atoms with Crippen molar-refractivity contribution in [2.45, 2.75) is 6.92 Å². The molecule has 28 heavy (non-hydrogen) atoms. The topological polar surface area (TPSA) is 66.2 Å². The molecule has 2 aromatic heterocycles. The highest BCUT2D eigenvalue weighted by molar-refractivity contribution is 5.97. The standard InChI is InChI=1S/C22H19N3O3/c1-3-27-21(26)12-11-15-14-25(2)18-9-6-10-19(22(15)18)28-20-13-23-16-7-4-5-8-17(16)24-20/h4-14H,3H2,1-2H3/b12-11+. The van der Waals surface area contributed by atoms with Gasteiger partial charge in [-0.05, 0) is 37.3 Å². The molecule has 2 heterocycles. The molecule has 0 bridgehead atoms. The molecule has 6 nitrogen and oxygen atoms in total. The van der Waals surface area contributed by atoms with Crippen molar-refractivity contribution >= 4 is 34.0 Å². The molecule has 0 aliphatic heterocycles. The Morgan fingerprint density at radius 2 is 1.96 bits per heavy atom. The Kier molecular flexibility index (Phi) is 4.76. The van der Waals surface area contributed by atoms with E-state index < -0.39 is 0 Å². The largest absolute Gasteiger partial charge is 0.463 e. The number of carbonyl (C=O) groups is 1. The number of rotatable bonds is 5. The highest BCUT2D eigenvalue weighted by atomic mass is 16.5. The second kappa shape index (κ2) is 7.52. The lowest BCUT2D eigenvalue weighted by molar-refractivity contribution is -0.137. The van der Waals surface area contributed by atoms with Crippen LogP contribution in [0.15, 0.2) is 60.9 Å². The summed E-state index contributed by atoms with van der Waals surface area (Å²) in [5.41, 5.74) is 3.41. The summed E-state index contributed by atoms with van der Waals surface area (Å²) in [6.07, 6.45) is 6.71. The second-order valence-electron chi connectivity index (χ2n) is 6.23. The number of aromatic nitrogens is 3. The van der Waals surface area contributed by atoms with Crippen molar-refractivity contribution in [3.8, 4) is 11.6 Å². The quantitative estimate of drug-likeness (QED) is 0.381. The number of esters is 1.